The van der Waals surface area contributed by atoms with Gasteiger partial charge in [0.2, 0.25) is 6.29 Å². The molecule has 0 aliphatic carbocycles. The van der Waals surface area contributed by atoms with Crippen LogP contribution >= 0.6 is 12.6 Å². The standard InChI is InChI=1S/C7H8O3S/c11-6-2-1-5(10-6)7-8-3-4-9-7/h1-2,7,11H,3-4H2. The van der Waals surface area contributed by atoms with E-state index in [1.54, 1.807) is 12.1 Å². The van der Waals surface area contributed by atoms with Crippen molar-refractivity contribution in [3.05, 3.63) is 17.9 Å². The first-order valence-electron chi connectivity index (χ1n) is 3.38. The van der Waals surface area contributed by atoms with Gasteiger partial charge in [0.15, 0.2) is 10.9 Å². The topological polar surface area (TPSA) is 31.6 Å². The third-order valence-electron chi connectivity index (χ3n) is 1.47. The van der Waals surface area contributed by atoms with Crippen molar-refractivity contribution in [1.29, 1.82) is 0 Å². The molecule has 1 fully saturated rings. The molecule has 11 heavy (non-hydrogen) atoms. The molecule has 0 amide bonds. The van der Waals surface area contributed by atoms with Crippen LogP contribution in [-0.2, 0) is 9.47 Å². The van der Waals surface area contributed by atoms with E-state index in [1.807, 2.05) is 0 Å². The summed E-state index contributed by atoms with van der Waals surface area (Å²) >= 11 is 4.02. The zero-order valence-corrected chi connectivity index (χ0v) is 6.71. The summed E-state index contributed by atoms with van der Waals surface area (Å²) in [7, 11) is 0. The molecular formula is C7H8O3S. The van der Waals surface area contributed by atoms with Crippen molar-refractivity contribution in [2.45, 2.75) is 11.4 Å². The second kappa shape index (κ2) is 2.89. The van der Waals surface area contributed by atoms with Crippen LogP contribution in [-0.4, -0.2) is 13.2 Å². The fraction of sp³-hybridized carbons (Fsp3) is 0.429. The predicted octanol–water partition coefficient (Wildman–Crippen LogP) is 1.61. The molecule has 0 radical (unpaired) electrons. The summed E-state index contributed by atoms with van der Waals surface area (Å²) in [5, 5.41) is 0.583. The van der Waals surface area contributed by atoms with Gasteiger partial charge in [0.25, 0.3) is 0 Å². The Morgan fingerprint density at radius 3 is 2.55 bits per heavy atom. The van der Waals surface area contributed by atoms with Crippen molar-refractivity contribution in [2.24, 2.45) is 0 Å². The Hall–Kier alpha value is -0.450. The van der Waals surface area contributed by atoms with Crippen LogP contribution in [0.1, 0.15) is 12.1 Å². The van der Waals surface area contributed by atoms with Gasteiger partial charge in [0.1, 0.15) is 0 Å². The van der Waals surface area contributed by atoms with E-state index in [-0.39, 0.29) is 6.29 Å². The Bertz CT molecular complexity index is 240. The average Bonchev–Trinajstić information content (AvgIpc) is 2.55. The Morgan fingerprint density at radius 2 is 2.00 bits per heavy atom. The molecule has 2 rings (SSSR count). The molecule has 3 nitrogen and oxygen atoms in total. The molecule has 0 saturated carbocycles. The van der Waals surface area contributed by atoms with Crippen molar-refractivity contribution in [3.63, 3.8) is 0 Å². The largest absolute Gasteiger partial charge is 0.450 e. The smallest absolute Gasteiger partial charge is 0.217 e. The SMILES string of the molecule is Sc1ccc(C2OCCO2)o1. The van der Waals surface area contributed by atoms with Crippen molar-refractivity contribution >= 4 is 12.6 Å². The first-order chi connectivity index (χ1) is 5.36. The van der Waals surface area contributed by atoms with Crippen LogP contribution in [0.3, 0.4) is 0 Å². The number of rotatable bonds is 1. The molecule has 1 aromatic heterocycles. The lowest BCUT2D eigenvalue weighted by atomic mass is 10.4. The second-order valence-electron chi connectivity index (χ2n) is 2.25. The van der Waals surface area contributed by atoms with E-state index >= 15 is 0 Å². The summed E-state index contributed by atoms with van der Waals surface area (Å²) in [6.45, 7) is 1.26. The molecule has 0 atom stereocenters. The van der Waals surface area contributed by atoms with Crippen LogP contribution < -0.4 is 0 Å². The third kappa shape index (κ3) is 1.42. The highest BCUT2D eigenvalue weighted by Crippen LogP contribution is 2.25. The monoisotopic (exact) mass is 172 g/mol. The molecule has 2 heterocycles. The van der Waals surface area contributed by atoms with Crippen molar-refractivity contribution in [2.75, 3.05) is 13.2 Å². The van der Waals surface area contributed by atoms with E-state index in [2.05, 4.69) is 12.6 Å². The van der Waals surface area contributed by atoms with Crippen molar-refractivity contribution in [3.8, 4) is 0 Å². The Kier molecular flexibility index (Phi) is 1.89. The predicted molar refractivity (Wildman–Crippen MR) is 40.6 cm³/mol. The van der Waals surface area contributed by atoms with Gasteiger partial charge in [-0.1, -0.05) is 0 Å². The van der Waals surface area contributed by atoms with Crippen molar-refractivity contribution in [1.82, 2.24) is 0 Å². The molecule has 60 valence electrons. The van der Waals surface area contributed by atoms with Crippen LogP contribution in [0.25, 0.3) is 0 Å². The van der Waals surface area contributed by atoms with Crippen LogP contribution in [0, 0.1) is 0 Å². The maximum atomic E-state index is 5.20. The van der Waals surface area contributed by atoms with Gasteiger partial charge in [-0.3, -0.25) is 0 Å². The zero-order chi connectivity index (χ0) is 7.68. The maximum absolute atomic E-state index is 5.20. The number of hydrogen-bond acceptors (Lipinski definition) is 4. The molecular weight excluding hydrogens is 164 g/mol. The lowest BCUT2D eigenvalue weighted by Crippen LogP contribution is -1.94. The molecule has 0 N–H and O–H groups in total. The first kappa shape index (κ1) is 7.21. The highest BCUT2D eigenvalue weighted by molar-refractivity contribution is 7.80. The van der Waals surface area contributed by atoms with E-state index in [0.717, 1.165) is 0 Å². The summed E-state index contributed by atoms with van der Waals surface area (Å²) in [4.78, 5) is 0. The molecule has 0 unspecified atom stereocenters. The first-order valence-corrected chi connectivity index (χ1v) is 3.83. The minimum atomic E-state index is -0.323. The Labute approximate surface area is 69.7 Å². The Morgan fingerprint density at radius 1 is 1.27 bits per heavy atom. The molecule has 0 spiro atoms. The van der Waals surface area contributed by atoms with E-state index in [4.69, 9.17) is 13.9 Å². The third-order valence-corrected chi connectivity index (χ3v) is 1.71. The van der Waals surface area contributed by atoms with Gasteiger partial charge < -0.3 is 13.9 Å². The van der Waals surface area contributed by atoms with Crippen LogP contribution in [0.4, 0.5) is 0 Å². The molecule has 0 aromatic carbocycles. The lowest BCUT2D eigenvalue weighted by molar-refractivity contribution is -0.0606. The van der Waals surface area contributed by atoms with E-state index in [0.29, 0.717) is 24.1 Å². The summed E-state index contributed by atoms with van der Waals surface area (Å²) in [6, 6.07) is 3.57. The molecule has 4 heteroatoms. The fourth-order valence-electron chi connectivity index (χ4n) is 0.992. The van der Waals surface area contributed by atoms with Gasteiger partial charge in [-0.25, -0.2) is 0 Å². The quantitative estimate of drug-likeness (QED) is 0.653. The van der Waals surface area contributed by atoms with E-state index in [9.17, 15) is 0 Å². The van der Waals surface area contributed by atoms with Crippen LogP contribution in [0.2, 0.25) is 0 Å². The highest BCUT2D eigenvalue weighted by atomic mass is 32.1. The molecule has 1 aliphatic heterocycles. The summed E-state index contributed by atoms with van der Waals surface area (Å²) in [5.41, 5.74) is 0. The number of ether oxygens (including phenoxy) is 2. The van der Waals surface area contributed by atoms with Gasteiger partial charge in [-0.05, 0) is 12.1 Å². The fourth-order valence-corrected chi connectivity index (χ4v) is 1.17. The lowest BCUT2D eigenvalue weighted by Gasteiger charge is -2.03. The second-order valence-corrected chi connectivity index (χ2v) is 2.69. The minimum Gasteiger partial charge on any atom is -0.450 e. The van der Waals surface area contributed by atoms with E-state index < -0.39 is 0 Å². The highest BCUT2D eigenvalue weighted by Gasteiger charge is 2.20. The molecule has 1 aromatic rings. The average molecular weight is 172 g/mol. The van der Waals surface area contributed by atoms with Gasteiger partial charge >= 0.3 is 0 Å². The number of thiol groups is 1. The maximum Gasteiger partial charge on any atom is 0.217 e. The molecule has 1 saturated heterocycles. The molecule has 0 bridgehead atoms. The minimum absolute atomic E-state index is 0.323. The van der Waals surface area contributed by atoms with Gasteiger partial charge in [-0.2, -0.15) is 0 Å². The van der Waals surface area contributed by atoms with Crippen molar-refractivity contribution < 1.29 is 13.9 Å². The zero-order valence-electron chi connectivity index (χ0n) is 5.82. The number of hydrogen-bond donors (Lipinski definition) is 1. The number of furan rings is 1. The van der Waals surface area contributed by atoms with E-state index in [1.165, 1.54) is 0 Å². The van der Waals surface area contributed by atoms with Gasteiger partial charge in [0.05, 0.1) is 13.2 Å². The summed E-state index contributed by atoms with van der Waals surface area (Å²) in [5.74, 6) is 0.688. The van der Waals surface area contributed by atoms with Crippen LogP contribution in [0.5, 0.6) is 0 Å². The normalized spacial score (nSPS) is 19.4. The summed E-state index contributed by atoms with van der Waals surface area (Å²) in [6.07, 6.45) is -0.323. The Balaban J connectivity index is 2.15. The summed E-state index contributed by atoms with van der Waals surface area (Å²) < 4.78 is 15.6. The van der Waals surface area contributed by atoms with Crippen LogP contribution in [0.15, 0.2) is 21.6 Å². The van der Waals surface area contributed by atoms with Gasteiger partial charge in [0, 0.05) is 0 Å². The molecule has 1 aliphatic rings. The van der Waals surface area contributed by atoms with Gasteiger partial charge in [-0.15, -0.1) is 12.6 Å².